The summed E-state index contributed by atoms with van der Waals surface area (Å²) in [6.07, 6.45) is -4.68. The molecule has 0 aliphatic heterocycles. The van der Waals surface area contributed by atoms with Crippen LogP contribution in [0.3, 0.4) is 0 Å². The molecule has 23 heavy (non-hydrogen) atoms. The van der Waals surface area contributed by atoms with Crippen LogP contribution < -0.4 is 9.47 Å². The van der Waals surface area contributed by atoms with E-state index < -0.39 is 22.4 Å². The second kappa shape index (κ2) is 6.15. The van der Waals surface area contributed by atoms with Gasteiger partial charge in [-0.2, -0.15) is 13.2 Å². The van der Waals surface area contributed by atoms with Gasteiger partial charge in [-0.25, -0.2) is 0 Å². The summed E-state index contributed by atoms with van der Waals surface area (Å²) >= 11 is 0. The number of aryl methyl sites for hydroxylation is 1. The Labute approximate surface area is 129 Å². The minimum absolute atomic E-state index is 0.168. The van der Waals surface area contributed by atoms with E-state index in [0.717, 1.165) is 17.7 Å². The number of rotatable bonds is 4. The molecule has 0 aliphatic carbocycles. The van der Waals surface area contributed by atoms with Gasteiger partial charge in [0.05, 0.1) is 17.6 Å². The van der Waals surface area contributed by atoms with Gasteiger partial charge in [0.1, 0.15) is 0 Å². The Morgan fingerprint density at radius 2 is 1.70 bits per heavy atom. The summed E-state index contributed by atoms with van der Waals surface area (Å²) in [6.45, 7) is 1.81. The third-order valence-electron chi connectivity index (χ3n) is 3.02. The summed E-state index contributed by atoms with van der Waals surface area (Å²) in [6, 6.07) is 6.94. The predicted octanol–water partition coefficient (Wildman–Crippen LogP) is 4.72. The summed E-state index contributed by atoms with van der Waals surface area (Å²) in [7, 11) is 1.39. The third kappa shape index (κ3) is 3.71. The average molecular weight is 327 g/mol. The van der Waals surface area contributed by atoms with Crippen molar-refractivity contribution in [2.24, 2.45) is 0 Å². The maximum Gasteiger partial charge on any atom is 0.416 e. The molecule has 0 spiro atoms. The first-order valence-electron chi connectivity index (χ1n) is 6.40. The molecule has 0 N–H and O–H groups in total. The van der Waals surface area contributed by atoms with E-state index in [1.54, 1.807) is 12.1 Å². The molecular weight excluding hydrogens is 315 g/mol. The largest absolute Gasteiger partial charge is 0.493 e. The minimum Gasteiger partial charge on any atom is -0.493 e. The molecule has 0 amide bonds. The predicted molar refractivity (Wildman–Crippen MR) is 75.9 cm³/mol. The summed E-state index contributed by atoms with van der Waals surface area (Å²) in [5.41, 5.74) is -1.02. The number of ether oxygens (including phenoxy) is 2. The van der Waals surface area contributed by atoms with Gasteiger partial charge in [0.15, 0.2) is 11.5 Å². The van der Waals surface area contributed by atoms with Crippen LogP contribution in [0.15, 0.2) is 36.4 Å². The summed E-state index contributed by atoms with van der Waals surface area (Å²) in [5, 5.41) is 11.0. The van der Waals surface area contributed by atoms with E-state index >= 15 is 0 Å². The molecule has 0 bridgehead atoms. The van der Waals surface area contributed by atoms with Gasteiger partial charge in [0.2, 0.25) is 5.75 Å². The Hall–Kier alpha value is -2.77. The molecule has 2 rings (SSSR count). The number of nitro groups is 1. The zero-order valence-corrected chi connectivity index (χ0v) is 12.2. The van der Waals surface area contributed by atoms with Gasteiger partial charge in [-0.3, -0.25) is 10.1 Å². The van der Waals surface area contributed by atoms with E-state index in [0.29, 0.717) is 11.8 Å². The maximum atomic E-state index is 12.7. The fraction of sp³-hybridized carbons (Fsp3) is 0.200. The fourth-order valence-corrected chi connectivity index (χ4v) is 1.90. The topological polar surface area (TPSA) is 61.6 Å². The van der Waals surface area contributed by atoms with Crippen LogP contribution in [0.1, 0.15) is 11.1 Å². The highest BCUT2D eigenvalue weighted by molar-refractivity contribution is 5.53. The zero-order chi connectivity index (χ0) is 17.2. The van der Waals surface area contributed by atoms with E-state index in [2.05, 4.69) is 0 Å². The normalized spacial score (nSPS) is 11.2. The fourth-order valence-electron chi connectivity index (χ4n) is 1.90. The van der Waals surface area contributed by atoms with Crippen molar-refractivity contribution in [3.8, 4) is 17.2 Å². The van der Waals surface area contributed by atoms with Gasteiger partial charge >= 0.3 is 11.9 Å². The lowest BCUT2D eigenvalue weighted by Gasteiger charge is -2.12. The van der Waals surface area contributed by atoms with E-state index in [1.165, 1.54) is 13.2 Å². The van der Waals surface area contributed by atoms with Gasteiger partial charge < -0.3 is 9.47 Å². The zero-order valence-electron chi connectivity index (χ0n) is 12.2. The molecule has 0 fully saturated rings. The van der Waals surface area contributed by atoms with Crippen molar-refractivity contribution in [1.82, 2.24) is 0 Å². The number of methoxy groups -OCH3 is 1. The van der Waals surface area contributed by atoms with Crippen LogP contribution in [0.25, 0.3) is 0 Å². The second-order valence-corrected chi connectivity index (χ2v) is 4.69. The number of nitrogens with zero attached hydrogens (tertiary/aromatic N) is 1. The van der Waals surface area contributed by atoms with Crippen molar-refractivity contribution in [3.63, 3.8) is 0 Å². The Morgan fingerprint density at radius 1 is 1.04 bits per heavy atom. The van der Waals surface area contributed by atoms with Crippen molar-refractivity contribution in [2.75, 3.05) is 7.11 Å². The SMILES string of the molecule is COc1cc(C)ccc1Oc1ccc(C(F)(F)F)cc1[N+](=O)[O-]. The molecule has 2 aromatic rings. The second-order valence-electron chi connectivity index (χ2n) is 4.69. The number of alkyl halides is 3. The lowest BCUT2D eigenvalue weighted by atomic mass is 10.1. The molecule has 0 heterocycles. The van der Waals surface area contributed by atoms with Crippen molar-refractivity contribution in [1.29, 1.82) is 0 Å². The Balaban J connectivity index is 2.46. The van der Waals surface area contributed by atoms with Crippen molar-refractivity contribution >= 4 is 5.69 Å². The minimum atomic E-state index is -4.68. The van der Waals surface area contributed by atoms with E-state index in [4.69, 9.17) is 9.47 Å². The highest BCUT2D eigenvalue weighted by atomic mass is 19.4. The number of hydrogen-bond acceptors (Lipinski definition) is 4. The molecular formula is C15H12F3NO4. The first-order chi connectivity index (χ1) is 10.7. The first-order valence-corrected chi connectivity index (χ1v) is 6.40. The van der Waals surface area contributed by atoms with Crippen LogP contribution in [0.2, 0.25) is 0 Å². The molecule has 0 aromatic heterocycles. The highest BCUT2D eigenvalue weighted by Gasteiger charge is 2.33. The van der Waals surface area contributed by atoms with E-state index in [-0.39, 0.29) is 11.5 Å². The van der Waals surface area contributed by atoms with Gasteiger partial charge in [0.25, 0.3) is 0 Å². The third-order valence-corrected chi connectivity index (χ3v) is 3.02. The lowest BCUT2D eigenvalue weighted by Crippen LogP contribution is -2.06. The van der Waals surface area contributed by atoms with Gasteiger partial charge in [-0.05, 0) is 36.8 Å². The smallest absolute Gasteiger partial charge is 0.416 e. The van der Waals surface area contributed by atoms with Gasteiger partial charge in [-0.15, -0.1) is 0 Å². The van der Waals surface area contributed by atoms with Crippen LogP contribution in [0.4, 0.5) is 18.9 Å². The van der Waals surface area contributed by atoms with Gasteiger partial charge in [0, 0.05) is 6.07 Å². The van der Waals surface area contributed by atoms with Crippen molar-refractivity contribution in [2.45, 2.75) is 13.1 Å². The molecule has 2 aromatic carbocycles. The number of halogens is 3. The Kier molecular flexibility index (Phi) is 4.44. The van der Waals surface area contributed by atoms with Crippen molar-refractivity contribution < 1.29 is 27.6 Å². The molecule has 0 aliphatic rings. The summed E-state index contributed by atoms with van der Waals surface area (Å²) in [4.78, 5) is 10.1. The monoisotopic (exact) mass is 327 g/mol. The van der Waals surface area contributed by atoms with Crippen LogP contribution in [0, 0.1) is 17.0 Å². The maximum absolute atomic E-state index is 12.7. The summed E-state index contributed by atoms with van der Waals surface area (Å²) < 4.78 is 48.5. The summed E-state index contributed by atoms with van der Waals surface area (Å²) in [5.74, 6) is 0.185. The standard InChI is InChI=1S/C15H12F3NO4/c1-9-3-5-13(14(7-9)22-2)23-12-6-4-10(15(16,17)18)8-11(12)19(20)21/h3-8H,1-2H3. The van der Waals surface area contributed by atoms with Crippen LogP contribution in [-0.4, -0.2) is 12.0 Å². The van der Waals surface area contributed by atoms with E-state index in [9.17, 15) is 23.3 Å². The lowest BCUT2D eigenvalue weighted by molar-refractivity contribution is -0.385. The quantitative estimate of drug-likeness (QED) is 0.602. The molecule has 0 saturated carbocycles. The molecule has 0 saturated heterocycles. The van der Waals surface area contributed by atoms with Gasteiger partial charge in [-0.1, -0.05) is 6.07 Å². The van der Waals surface area contributed by atoms with Crippen LogP contribution in [0.5, 0.6) is 17.2 Å². The highest BCUT2D eigenvalue weighted by Crippen LogP contribution is 2.40. The number of nitro benzene ring substituents is 1. The molecule has 122 valence electrons. The molecule has 0 radical (unpaired) electrons. The first kappa shape index (κ1) is 16.6. The van der Waals surface area contributed by atoms with Crippen LogP contribution in [-0.2, 0) is 6.18 Å². The Morgan fingerprint density at radius 3 is 2.26 bits per heavy atom. The molecule has 8 heteroatoms. The Bertz CT molecular complexity index is 744. The molecule has 0 atom stereocenters. The van der Waals surface area contributed by atoms with Crippen LogP contribution >= 0.6 is 0 Å². The molecule has 5 nitrogen and oxygen atoms in total. The average Bonchev–Trinajstić information content (AvgIpc) is 2.48. The van der Waals surface area contributed by atoms with E-state index in [1.807, 2.05) is 6.92 Å². The number of hydrogen-bond donors (Lipinski definition) is 0. The van der Waals surface area contributed by atoms with Crippen molar-refractivity contribution in [3.05, 3.63) is 57.6 Å². The number of benzene rings is 2. The molecule has 0 unspecified atom stereocenters.